The summed E-state index contributed by atoms with van der Waals surface area (Å²) >= 11 is 0. The third kappa shape index (κ3) is 3.30. The van der Waals surface area contributed by atoms with E-state index in [1.165, 1.54) is 0 Å². The number of rotatable bonds is 6. The SMILES string of the molecule is CCOc1cc(Cc2cnc(N)nc2N)cc(OC)c1OC. The van der Waals surface area contributed by atoms with Gasteiger partial charge in [-0.2, -0.15) is 4.98 Å². The van der Waals surface area contributed by atoms with Crippen molar-refractivity contribution in [3.05, 3.63) is 29.5 Å². The molecule has 1 aromatic carbocycles. The molecule has 0 saturated heterocycles. The van der Waals surface area contributed by atoms with Crippen molar-refractivity contribution in [3.8, 4) is 17.2 Å². The molecule has 1 heterocycles. The Balaban J connectivity index is 2.40. The summed E-state index contributed by atoms with van der Waals surface area (Å²) < 4.78 is 16.3. The molecule has 4 N–H and O–H groups in total. The van der Waals surface area contributed by atoms with Crippen molar-refractivity contribution in [1.29, 1.82) is 0 Å². The highest BCUT2D eigenvalue weighted by atomic mass is 16.5. The molecule has 0 amide bonds. The van der Waals surface area contributed by atoms with E-state index >= 15 is 0 Å². The lowest BCUT2D eigenvalue weighted by Gasteiger charge is -2.15. The monoisotopic (exact) mass is 304 g/mol. The van der Waals surface area contributed by atoms with E-state index in [0.717, 1.165) is 11.1 Å². The van der Waals surface area contributed by atoms with Crippen LogP contribution in [0.4, 0.5) is 11.8 Å². The zero-order chi connectivity index (χ0) is 16.1. The highest BCUT2D eigenvalue weighted by Crippen LogP contribution is 2.39. The van der Waals surface area contributed by atoms with Gasteiger partial charge in [0.05, 0.1) is 20.8 Å². The van der Waals surface area contributed by atoms with E-state index in [4.69, 9.17) is 25.7 Å². The molecule has 0 fully saturated rings. The van der Waals surface area contributed by atoms with Gasteiger partial charge in [0.2, 0.25) is 11.7 Å². The van der Waals surface area contributed by atoms with Gasteiger partial charge in [0.25, 0.3) is 0 Å². The molecule has 2 rings (SSSR count). The van der Waals surface area contributed by atoms with Crippen LogP contribution in [0.5, 0.6) is 17.2 Å². The number of methoxy groups -OCH3 is 2. The van der Waals surface area contributed by atoms with Crippen LogP contribution in [0.25, 0.3) is 0 Å². The number of nitrogens with zero attached hydrogens (tertiary/aromatic N) is 2. The van der Waals surface area contributed by atoms with Gasteiger partial charge >= 0.3 is 0 Å². The molecule has 0 atom stereocenters. The molecule has 1 aromatic heterocycles. The summed E-state index contributed by atoms with van der Waals surface area (Å²) in [5, 5.41) is 0. The van der Waals surface area contributed by atoms with Crippen LogP contribution in [-0.4, -0.2) is 30.8 Å². The van der Waals surface area contributed by atoms with Crippen molar-refractivity contribution in [1.82, 2.24) is 9.97 Å². The Hall–Kier alpha value is -2.70. The standard InChI is InChI=1S/C15H20N4O3/c1-4-22-12-7-9(6-11(20-2)13(12)21-3)5-10-8-18-15(17)19-14(10)16/h6-8H,4-5H2,1-3H3,(H4,16,17,18,19). The maximum Gasteiger partial charge on any atom is 0.221 e. The highest BCUT2D eigenvalue weighted by Gasteiger charge is 2.15. The lowest BCUT2D eigenvalue weighted by molar-refractivity contribution is 0.296. The first-order chi connectivity index (χ1) is 10.6. The fourth-order valence-electron chi connectivity index (χ4n) is 2.14. The van der Waals surface area contributed by atoms with E-state index in [1.807, 2.05) is 19.1 Å². The van der Waals surface area contributed by atoms with Crippen LogP contribution < -0.4 is 25.7 Å². The summed E-state index contributed by atoms with van der Waals surface area (Å²) in [6.07, 6.45) is 2.15. The van der Waals surface area contributed by atoms with Crippen molar-refractivity contribution in [2.75, 3.05) is 32.3 Å². The Bertz CT molecular complexity index is 661. The van der Waals surface area contributed by atoms with Crippen molar-refractivity contribution in [2.24, 2.45) is 0 Å². The maximum absolute atomic E-state index is 5.87. The van der Waals surface area contributed by atoms with Crippen molar-refractivity contribution in [3.63, 3.8) is 0 Å². The zero-order valence-corrected chi connectivity index (χ0v) is 12.9. The van der Waals surface area contributed by atoms with E-state index < -0.39 is 0 Å². The Kier molecular flexibility index (Phi) is 4.88. The van der Waals surface area contributed by atoms with Gasteiger partial charge < -0.3 is 25.7 Å². The molecule has 0 saturated carbocycles. The van der Waals surface area contributed by atoms with E-state index in [9.17, 15) is 0 Å². The number of nitrogen functional groups attached to an aromatic ring is 2. The van der Waals surface area contributed by atoms with E-state index in [0.29, 0.717) is 36.1 Å². The second-order valence-electron chi connectivity index (χ2n) is 4.58. The van der Waals surface area contributed by atoms with Gasteiger partial charge in [0, 0.05) is 18.2 Å². The molecular weight excluding hydrogens is 284 g/mol. The summed E-state index contributed by atoms with van der Waals surface area (Å²) in [6, 6.07) is 3.76. The lowest BCUT2D eigenvalue weighted by atomic mass is 10.1. The molecule has 7 heteroatoms. The summed E-state index contributed by atoms with van der Waals surface area (Å²) in [4.78, 5) is 7.93. The normalized spacial score (nSPS) is 10.3. The van der Waals surface area contributed by atoms with Crippen molar-refractivity contribution in [2.45, 2.75) is 13.3 Å². The van der Waals surface area contributed by atoms with Gasteiger partial charge in [0.15, 0.2) is 11.5 Å². The first-order valence-electron chi connectivity index (χ1n) is 6.83. The van der Waals surface area contributed by atoms with E-state index in [-0.39, 0.29) is 5.95 Å². The molecule has 118 valence electrons. The Morgan fingerprint density at radius 1 is 1.09 bits per heavy atom. The second-order valence-corrected chi connectivity index (χ2v) is 4.58. The predicted octanol–water partition coefficient (Wildman–Crippen LogP) is 1.65. The lowest BCUT2D eigenvalue weighted by Crippen LogP contribution is -2.05. The van der Waals surface area contributed by atoms with Crippen LogP contribution in [-0.2, 0) is 6.42 Å². The quantitative estimate of drug-likeness (QED) is 0.835. The Morgan fingerprint density at radius 2 is 1.82 bits per heavy atom. The highest BCUT2D eigenvalue weighted by molar-refractivity contribution is 5.55. The minimum absolute atomic E-state index is 0.156. The average molecular weight is 304 g/mol. The first-order valence-corrected chi connectivity index (χ1v) is 6.83. The molecule has 7 nitrogen and oxygen atoms in total. The molecule has 0 aliphatic heterocycles. The number of anilines is 2. The van der Waals surface area contributed by atoms with Gasteiger partial charge in [-0.15, -0.1) is 0 Å². The topological polar surface area (TPSA) is 106 Å². The maximum atomic E-state index is 5.87. The van der Waals surface area contributed by atoms with Crippen LogP contribution >= 0.6 is 0 Å². The number of nitrogens with two attached hydrogens (primary N) is 2. The molecular formula is C15H20N4O3. The second kappa shape index (κ2) is 6.84. The molecule has 0 radical (unpaired) electrons. The number of benzene rings is 1. The molecule has 22 heavy (non-hydrogen) atoms. The van der Waals surface area contributed by atoms with Crippen LogP contribution in [0.2, 0.25) is 0 Å². The first kappa shape index (κ1) is 15.7. The predicted molar refractivity (Wildman–Crippen MR) is 84.4 cm³/mol. The third-order valence-electron chi connectivity index (χ3n) is 3.12. The number of hydrogen-bond donors (Lipinski definition) is 2. The van der Waals surface area contributed by atoms with Gasteiger partial charge in [-0.05, 0) is 24.6 Å². The van der Waals surface area contributed by atoms with Crippen LogP contribution in [0.3, 0.4) is 0 Å². The molecule has 0 bridgehead atoms. The number of ether oxygens (including phenoxy) is 3. The van der Waals surface area contributed by atoms with Crippen LogP contribution in [0.15, 0.2) is 18.3 Å². The molecule has 0 unspecified atom stereocenters. The fraction of sp³-hybridized carbons (Fsp3) is 0.333. The minimum Gasteiger partial charge on any atom is -0.493 e. The smallest absolute Gasteiger partial charge is 0.221 e. The summed E-state index contributed by atoms with van der Waals surface area (Å²) in [7, 11) is 3.16. The van der Waals surface area contributed by atoms with E-state index in [1.54, 1.807) is 20.4 Å². The van der Waals surface area contributed by atoms with E-state index in [2.05, 4.69) is 9.97 Å². The molecule has 0 aliphatic carbocycles. The summed E-state index contributed by atoms with van der Waals surface area (Å²) in [5.41, 5.74) is 13.1. The Labute approximate surface area is 129 Å². The molecule has 0 aliphatic rings. The van der Waals surface area contributed by atoms with Gasteiger partial charge in [0.1, 0.15) is 5.82 Å². The summed E-state index contributed by atoms with van der Waals surface area (Å²) in [6.45, 7) is 2.43. The summed E-state index contributed by atoms with van der Waals surface area (Å²) in [5.74, 6) is 2.30. The zero-order valence-electron chi connectivity index (χ0n) is 12.9. The Morgan fingerprint density at radius 3 is 2.41 bits per heavy atom. The molecule has 0 spiro atoms. The minimum atomic E-state index is 0.156. The fourth-order valence-corrected chi connectivity index (χ4v) is 2.14. The van der Waals surface area contributed by atoms with Crippen molar-refractivity contribution >= 4 is 11.8 Å². The van der Waals surface area contributed by atoms with Crippen molar-refractivity contribution < 1.29 is 14.2 Å². The molecule has 2 aromatic rings. The van der Waals surface area contributed by atoms with Crippen LogP contribution in [0.1, 0.15) is 18.1 Å². The average Bonchev–Trinajstić information content (AvgIpc) is 2.50. The third-order valence-corrected chi connectivity index (χ3v) is 3.12. The number of hydrogen-bond acceptors (Lipinski definition) is 7. The largest absolute Gasteiger partial charge is 0.493 e. The van der Waals surface area contributed by atoms with Gasteiger partial charge in [-0.25, -0.2) is 4.98 Å². The van der Waals surface area contributed by atoms with Gasteiger partial charge in [-0.3, -0.25) is 0 Å². The van der Waals surface area contributed by atoms with Gasteiger partial charge in [-0.1, -0.05) is 0 Å². The number of aromatic nitrogens is 2. The van der Waals surface area contributed by atoms with Crippen LogP contribution in [0, 0.1) is 0 Å².